The van der Waals surface area contributed by atoms with E-state index >= 15 is 0 Å². The molecule has 0 aliphatic heterocycles. The smallest absolute Gasteiger partial charge is 0.325 e. The van der Waals surface area contributed by atoms with Crippen molar-refractivity contribution in [2.45, 2.75) is 57.5 Å². The molecule has 0 radical (unpaired) electrons. The third-order valence-electron chi connectivity index (χ3n) is 5.03. The Labute approximate surface area is 180 Å². The van der Waals surface area contributed by atoms with Crippen molar-refractivity contribution in [3.8, 4) is 11.5 Å². The van der Waals surface area contributed by atoms with Crippen LogP contribution in [0.5, 0.6) is 11.5 Å². The van der Waals surface area contributed by atoms with Crippen LogP contribution in [-0.4, -0.2) is 44.4 Å². The van der Waals surface area contributed by atoms with Crippen molar-refractivity contribution >= 4 is 22.4 Å². The number of nitrogens with one attached hydrogen (secondary N) is 2. The van der Waals surface area contributed by atoms with E-state index in [1.165, 1.54) is 48.5 Å². The summed E-state index contributed by atoms with van der Waals surface area (Å²) in [5, 5.41) is 31.6. The van der Waals surface area contributed by atoms with Gasteiger partial charge in [-0.1, -0.05) is 13.0 Å². The largest absolute Gasteiger partial charge is 0.504 e. The summed E-state index contributed by atoms with van der Waals surface area (Å²) in [5.74, 6) is 3.55. The predicted molar refractivity (Wildman–Crippen MR) is 117 cm³/mol. The molecule has 1 aromatic carbocycles. The Morgan fingerprint density at radius 1 is 1.37 bits per heavy atom. The number of carbonyl (C=O) groups is 1. The second-order valence-corrected chi connectivity index (χ2v) is 8.71. The number of nitrogens with two attached hydrogens (primary N) is 2. The lowest BCUT2D eigenvalue weighted by Gasteiger charge is -2.23. The second kappa shape index (κ2) is 10.6. The maximum atomic E-state index is 11.0. The van der Waals surface area contributed by atoms with E-state index in [0.29, 0.717) is 11.6 Å². The molecule has 9 N–H and O–H groups in total. The summed E-state index contributed by atoms with van der Waals surface area (Å²) in [7, 11) is 0. The summed E-state index contributed by atoms with van der Waals surface area (Å²) in [6.07, 6.45) is 4.70. The van der Waals surface area contributed by atoms with Crippen LogP contribution in [0.4, 0.5) is 5.13 Å². The fourth-order valence-corrected chi connectivity index (χ4v) is 4.15. The van der Waals surface area contributed by atoms with Crippen LogP contribution in [0.15, 0.2) is 18.2 Å². The normalized spacial score (nSPS) is 17.4. The number of thiazole rings is 1. The number of hydrazine groups is 1. The molecule has 10 heteroatoms. The van der Waals surface area contributed by atoms with Crippen LogP contribution in [0.25, 0.3) is 0 Å². The lowest BCUT2D eigenvalue weighted by atomic mass is 9.93. The van der Waals surface area contributed by atoms with Crippen molar-refractivity contribution in [3.63, 3.8) is 0 Å². The number of hydrogen-bond acceptors (Lipinski definition) is 9. The highest BCUT2D eigenvalue weighted by molar-refractivity contribution is 7.15. The second-order valence-electron chi connectivity index (χ2n) is 7.60. The molecule has 0 fully saturated rings. The zero-order valence-corrected chi connectivity index (χ0v) is 18.1. The Balaban J connectivity index is 0.000000215. The number of anilines is 1. The van der Waals surface area contributed by atoms with Gasteiger partial charge in [0.15, 0.2) is 16.6 Å². The summed E-state index contributed by atoms with van der Waals surface area (Å²) >= 11 is 1.65. The number of nitrogen functional groups attached to an aromatic ring is 1. The average molecular weight is 438 g/mol. The van der Waals surface area contributed by atoms with E-state index in [1.54, 1.807) is 11.3 Å². The quantitative estimate of drug-likeness (QED) is 0.193. The number of phenolic OH excluding ortho intramolecular Hbond substituents is 2. The number of fused-ring (bicyclic) bond motifs is 1. The van der Waals surface area contributed by atoms with Gasteiger partial charge in [-0.25, -0.2) is 10.4 Å². The Bertz CT molecular complexity index is 860. The van der Waals surface area contributed by atoms with Crippen molar-refractivity contribution in [2.75, 3.05) is 12.3 Å². The molecule has 2 aromatic rings. The summed E-state index contributed by atoms with van der Waals surface area (Å²) in [6, 6.07) is 4.76. The minimum Gasteiger partial charge on any atom is -0.504 e. The molecule has 1 aromatic heterocycles. The number of carboxylic acids is 1. The van der Waals surface area contributed by atoms with Crippen molar-refractivity contribution < 1.29 is 20.1 Å². The minimum absolute atomic E-state index is 0.0900. The molecule has 2 atom stereocenters. The van der Waals surface area contributed by atoms with Crippen LogP contribution in [-0.2, 0) is 24.1 Å². The third-order valence-corrected chi connectivity index (χ3v) is 5.98. The van der Waals surface area contributed by atoms with Gasteiger partial charge in [-0.3, -0.25) is 10.6 Å². The van der Waals surface area contributed by atoms with Gasteiger partial charge in [-0.15, -0.1) is 11.3 Å². The first-order valence-electron chi connectivity index (χ1n) is 9.88. The zero-order valence-electron chi connectivity index (χ0n) is 17.3. The van der Waals surface area contributed by atoms with Gasteiger partial charge in [0.1, 0.15) is 5.54 Å². The van der Waals surface area contributed by atoms with Crippen molar-refractivity contribution in [3.05, 3.63) is 34.3 Å². The van der Waals surface area contributed by atoms with E-state index in [1.807, 2.05) is 0 Å². The highest BCUT2D eigenvalue weighted by atomic mass is 32.1. The molecule has 1 aliphatic rings. The Kier molecular flexibility index (Phi) is 8.42. The van der Waals surface area contributed by atoms with Gasteiger partial charge in [0, 0.05) is 17.3 Å². The summed E-state index contributed by atoms with van der Waals surface area (Å²) in [5.41, 5.74) is 8.38. The van der Waals surface area contributed by atoms with Gasteiger partial charge in [0.2, 0.25) is 0 Å². The lowest BCUT2D eigenvalue weighted by Crippen LogP contribution is -2.54. The molecule has 1 heterocycles. The number of aromatic nitrogens is 1. The first kappa shape index (κ1) is 23.9. The Hall–Kier alpha value is -2.40. The Morgan fingerprint density at radius 3 is 2.70 bits per heavy atom. The van der Waals surface area contributed by atoms with Gasteiger partial charge in [0.05, 0.1) is 5.69 Å². The van der Waals surface area contributed by atoms with E-state index in [2.05, 4.69) is 22.7 Å². The Morgan fingerprint density at radius 2 is 2.10 bits per heavy atom. The van der Waals surface area contributed by atoms with E-state index in [0.717, 1.165) is 24.5 Å². The molecule has 0 spiro atoms. The number of carboxylic acid groups (broad SMARTS) is 1. The molecule has 0 unspecified atom stereocenters. The number of benzene rings is 1. The molecular formula is C20H31N5O4S. The maximum absolute atomic E-state index is 11.0. The van der Waals surface area contributed by atoms with E-state index in [4.69, 9.17) is 21.8 Å². The average Bonchev–Trinajstić information content (AvgIpc) is 3.08. The van der Waals surface area contributed by atoms with E-state index < -0.39 is 11.5 Å². The molecular weight excluding hydrogens is 406 g/mol. The monoisotopic (exact) mass is 437 g/mol. The van der Waals surface area contributed by atoms with Crippen LogP contribution in [0.3, 0.4) is 0 Å². The molecule has 1 aliphatic carbocycles. The van der Waals surface area contributed by atoms with Crippen molar-refractivity contribution in [1.82, 2.24) is 15.7 Å². The molecule has 0 saturated carbocycles. The zero-order chi connectivity index (χ0) is 22.3. The molecule has 9 nitrogen and oxygen atoms in total. The lowest BCUT2D eigenvalue weighted by molar-refractivity contribution is -0.144. The van der Waals surface area contributed by atoms with Crippen LogP contribution in [0, 0.1) is 0 Å². The first-order valence-corrected chi connectivity index (χ1v) is 10.7. The first-order chi connectivity index (χ1) is 14.2. The van der Waals surface area contributed by atoms with Crippen LogP contribution in [0.2, 0.25) is 0 Å². The van der Waals surface area contributed by atoms with Gasteiger partial charge in [-0.05, 0) is 56.8 Å². The van der Waals surface area contributed by atoms with Gasteiger partial charge in [0.25, 0.3) is 0 Å². The maximum Gasteiger partial charge on any atom is 0.325 e. The molecule has 0 bridgehead atoms. The topological polar surface area (TPSA) is 167 Å². The number of hydrogen-bond donors (Lipinski definition) is 7. The standard InChI is InChI=1S/C10H17N3S.C10H14N2O4/c1-2-5-12-7-3-4-8-9(6-7)14-10(11)13-8;1-10(12-11,9(15)16)5-6-2-3-7(13)8(14)4-6/h7,12H,2-6H2,1H3,(H2,11,13);2-4,12-14H,5,11H2,1H3,(H,15,16)/t7-;10-/m00/s1. The highest BCUT2D eigenvalue weighted by Crippen LogP contribution is 2.28. The van der Waals surface area contributed by atoms with Gasteiger partial charge < -0.3 is 26.4 Å². The molecule has 0 saturated heterocycles. The molecule has 3 rings (SSSR count). The fourth-order valence-electron chi connectivity index (χ4n) is 3.19. The summed E-state index contributed by atoms with van der Waals surface area (Å²) in [4.78, 5) is 16.7. The number of phenols is 2. The molecule has 30 heavy (non-hydrogen) atoms. The van der Waals surface area contributed by atoms with Gasteiger partial charge >= 0.3 is 5.97 Å². The third kappa shape index (κ3) is 6.30. The summed E-state index contributed by atoms with van der Waals surface area (Å²) in [6.45, 7) is 4.75. The van der Waals surface area contributed by atoms with Crippen molar-refractivity contribution in [1.29, 1.82) is 0 Å². The molecule has 0 amide bonds. The van der Waals surface area contributed by atoms with E-state index in [-0.39, 0.29) is 17.9 Å². The van der Waals surface area contributed by atoms with E-state index in [9.17, 15) is 9.90 Å². The number of aliphatic carboxylic acids is 1. The number of nitrogens with zero attached hydrogens (tertiary/aromatic N) is 1. The fraction of sp³-hybridized carbons (Fsp3) is 0.500. The number of rotatable bonds is 7. The number of aromatic hydroxyl groups is 2. The highest BCUT2D eigenvalue weighted by Gasteiger charge is 2.32. The van der Waals surface area contributed by atoms with Gasteiger partial charge in [-0.2, -0.15) is 0 Å². The minimum atomic E-state index is -1.32. The SMILES string of the molecule is CCCN[C@H]1CCc2nc(N)sc2C1.C[C@@](Cc1ccc(O)c(O)c1)(NN)C(=O)O. The van der Waals surface area contributed by atoms with Crippen LogP contribution < -0.4 is 22.3 Å². The summed E-state index contributed by atoms with van der Waals surface area (Å²) < 4.78 is 0. The molecule has 166 valence electrons. The van der Waals surface area contributed by atoms with Crippen molar-refractivity contribution in [2.24, 2.45) is 5.84 Å². The van der Waals surface area contributed by atoms with Crippen LogP contribution >= 0.6 is 11.3 Å². The predicted octanol–water partition coefficient (Wildman–Crippen LogP) is 1.53. The van der Waals surface area contributed by atoms with Crippen LogP contribution in [0.1, 0.15) is 42.8 Å². The number of aryl methyl sites for hydroxylation is 1.